The molecule has 0 heterocycles. The average molecular weight is 399 g/mol. The van der Waals surface area contributed by atoms with Gasteiger partial charge in [0.1, 0.15) is 5.75 Å². The number of alkyl halides is 2. The lowest BCUT2D eigenvalue weighted by molar-refractivity contribution is 0.145. The molecule has 3 nitrogen and oxygen atoms in total. The van der Waals surface area contributed by atoms with Crippen LogP contribution in [0.5, 0.6) is 5.75 Å². The Labute approximate surface area is 164 Å². The Balaban J connectivity index is 3.08. The standard InChI is InChI=1S/C21H36F2N2OSi/c1-7-9-11-17-14-20(26-12-10-13-27(4,5)6)18(21(22)23)15-19(17)24-16-25(3)8-2/h14-16,21H,7-13H2,1-6H3. The van der Waals surface area contributed by atoms with E-state index in [1.54, 1.807) is 12.4 Å². The highest BCUT2D eigenvalue weighted by Crippen LogP contribution is 2.36. The molecule has 0 saturated carbocycles. The molecule has 0 spiro atoms. The molecule has 0 aliphatic rings. The summed E-state index contributed by atoms with van der Waals surface area (Å²) in [5, 5.41) is 0. The van der Waals surface area contributed by atoms with Crippen LogP contribution in [0.4, 0.5) is 14.5 Å². The molecule has 0 N–H and O–H groups in total. The van der Waals surface area contributed by atoms with Gasteiger partial charge in [-0.05, 0) is 43.9 Å². The molecule has 1 aromatic rings. The van der Waals surface area contributed by atoms with Crippen LogP contribution >= 0.6 is 0 Å². The highest BCUT2D eigenvalue weighted by atomic mass is 28.3. The normalized spacial score (nSPS) is 12.2. The summed E-state index contributed by atoms with van der Waals surface area (Å²) in [4.78, 5) is 6.38. The van der Waals surface area contributed by atoms with Gasteiger partial charge in [-0.3, -0.25) is 0 Å². The molecule has 0 saturated heterocycles. The molecule has 1 aromatic carbocycles. The van der Waals surface area contributed by atoms with E-state index in [9.17, 15) is 8.78 Å². The van der Waals surface area contributed by atoms with Crippen LogP contribution in [0.1, 0.15) is 50.7 Å². The number of nitrogens with zero attached hydrogens (tertiary/aromatic N) is 2. The van der Waals surface area contributed by atoms with Gasteiger partial charge in [-0.2, -0.15) is 0 Å². The maximum Gasteiger partial charge on any atom is 0.267 e. The van der Waals surface area contributed by atoms with Gasteiger partial charge < -0.3 is 9.64 Å². The Morgan fingerprint density at radius 1 is 1.19 bits per heavy atom. The second-order valence-corrected chi connectivity index (χ2v) is 13.9. The minimum absolute atomic E-state index is 0.0606. The molecule has 6 heteroatoms. The molecular weight excluding hydrogens is 362 g/mol. The summed E-state index contributed by atoms with van der Waals surface area (Å²) in [7, 11) is 0.771. The first-order chi connectivity index (χ1) is 12.7. The molecule has 0 aromatic heterocycles. The summed E-state index contributed by atoms with van der Waals surface area (Å²) in [6.07, 6.45) is 2.89. The van der Waals surface area contributed by atoms with Gasteiger partial charge in [0.05, 0.1) is 24.2 Å². The van der Waals surface area contributed by atoms with Crippen LogP contribution in [-0.4, -0.2) is 39.5 Å². The minimum atomic E-state index is -2.57. The van der Waals surface area contributed by atoms with Crippen molar-refractivity contribution in [3.8, 4) is 5.75 Å². The smallest absolute Gasteiger partial charge is 0.267 e. The molecule has 0 radical (unpaired) electrons. The molecule has 0 aliphatic carbocycles. The van der Waals surface area contributed by atoms with Gasteiger partial charge in [0.2, 0.25) is 0 Å². The van der Waals surface area contributed by atoms with Crippen molar-refractivity contribution >= 4 is 20.1 Å². The van der Waals surface area contributed by atoms with Gasteiger partial charge in [0, 0.05) is 21.7 Å². The number of hydrogen-bond donors (Lipinski definition) is 0. The maximum atomic E-state index is 13.6. The molecule has 0 atom stereocenters. The van der Waals surface area contributed by atoms with Gasteiger partial charge in [0.25, 0.3) is 6.43 Å². The topological polar surface area (TPSA) is 24.8 Å². The van der Waals surface area contributed by atoms with E-state index in [0.717, 1.165) is 43.8 Å². The first-order valence-corrected chi connectivity index (χ1v) is 13.7. The highest BCUT2D eigenvalue weighted by Gasteiger charge is 2.19. The van der Waals surface area contributed by atoms with Crippen molar-refractivity contribution in [3.05, 3.63) is 23.3 Å². The fraction of sp³-hybridized carbons (Fsp3) is 0.667. The zero-order valence-corrected chi connectivity index (χ0v) is 18.8. The van der Waals surface area contributed by atoms with Crippen LogP contribution in [0, 0.1) is 0 Å². The van der Waals surface area contributed by atoms with Crippen molar-refractivity contribution in [1.82, 2.24) is 4.90 Å². The Morgan fingerprint density at radius 2 is 1.89 bits per heavy atom. The summed E-state index contributed by atoms with van der Waals surface area (Å²) >= 11 is 0. The Kier molecular flexibility index (Phi) is 9.98. The Morgan fingerprint density at radius 3 is 2.44 bits per heavy atom. The van der Waals surface area contributed by atoms with Crippen molar-refractivity contribution in [2.45, 2.75) is 71.6 Å². The lowest BCUT2D eigenvalue weighted by Gasteiger charge is -2.18. The van der Waals surface area contributed by atoms with E-state index in [0.29, 0.717) is 18.0 Å². The Hall–Kier alpha value is -1.43. The lowest BCUT2D eigenvalue weighted by Crippen LogP contribution is -2.20. The van der Waals surface area contributed by atoms with Crippen LogP contribution in [0.15, 0.2) is 17.1 Å². The summed E-state index contributed by atoms with van der Waals surface area (Å²) in [6.45, 7) is 12.4. The molecule has 154 valence electrons. The summed E-state index contributed by atoms with van der Waals surface area (Å²) in [5.41, 5.74) is 1.53. The van der Waals surface area contributed by atoms with Gasteiger partial charge in [-0.25, -0.2) is 13.8 Å². The lowest BCUT2D eigenvalue weighted by atomic mass is 10.0. The van der Waals surface area contributed by atoms with E-state index >= 15 is 0 Å². The molecule has 0 amide bonds. The third-order valence-corrected chi connectivity index (χ3v) is 6.32. The van der Waals surface area contributed by atoms with Crippen LogP contribution in [0.3, 0.4) is 0 Å². The van der Waals surface area contributed by atoms with E-state index in [1.807, 2.05) is 18.9 Å². The number of rotatable bonds is 12. The molecule has 27 heavy (non-hydrogen) atoms. The van der Waals surface area contributed by atoms with Gasteiger partial charge in [-0.15, -0.1) is 0 Å². The number of halogens is 2. The zero-order valence-electron chi connectivity index (χ0n) is 17.8. The van der Waals surface area contributed by atoms with Crippen LogP contribution in [0.2, 0.25) is 25.7 Å². The summed E-state index contributed by atoms with van der Waals surface area (Å²) < 4.78 is 33.0. The van der Waals surface area contributed by atoms with Crippen molar-refractivity contribution in [2.24, 2.45) is 4.99 Å². The molecule has 0 unspecified atom stereocenters. The molecular formula is C21H36F2N2OSi. The van der Waals surface area contributed by atoms with Gasteiger partial charge in [-0.1, -0.05) is 39.0 Å². The fourth-order valence-corrected chi connectivity index (χ4v) is 3.84. The predicted molar refractivity (Wildman–Crippen MR) is 115 cm³/mol. The predicted octanol–water partition coefficient (Wildman–Crippen LogP) is 6.69. The second kappa shape index (κ2) is 11.4. The molecule has 0 aliphatic heterocycles. The highest BCUT2D eigenvalue weighted by molar-refractivity contribution is 6.76. The Bertz CT molecular complexity index is 601. The first kappa shape index (κ1) is 23.6. The maximum absolute atomic E-state index is 13.6. The number of hydrogen-bond acceptors (Lipinski definition) is 2. The average Bonchev–Trinajstić information content (AvgIpc) is 2.60. The molecule has 1 rings (SSSR count). The summed E-state index contributed by atoms with van der Waals surface area (Å²) in [5.74, 6) is 0.314. The van der Waals surface area contributed by atoms with E-state index in [4.69, 9.17) is 4.74 Å². The third kappa shape index (κ3) is 8.87. The van der Waals surface area contributed by atoms with Crippen LogP contribution in [-0.2, 0) is 6.42 Å². The van der Waals surface area contributed by atoms with Crippen molar-refractivity contribution in [3.63, 3.8) is 0 Å². The number of aliphatic imine (C=N–C) groups is 1. The SMILES string of the molecule is CCCCc1cc(OCCC[Si](C)(C)C)c(C(F)F)cc1N=CN(C)CC. The minimum Gasteiger partial charge on any atom is -0.493 e. The van der Waals surface area contributed by atoms with E-state index in [2.05, 4.69) is 31.6 Å². The monoisotopic (exact) mass is 398 g/mol. The number of ether oxygens (including phenoxy) is 1. The number of unbranched alkanes of at least 4 members (excludes halogenated alkanes) is 1. The fourth-order valence-electron chi connectivity index (χ4n) is 2.64. The molecule has 0 bridgehead atoms. The van der Waals surface area contributed by atoms with Gasteiger partial charge >= 0.3 is 0 Å². The third-order valence-electron chi connectivity index (χ3n) is 4.47. The number of benzene rings is 1. The van der Waals surface area contributed by atoms with Crippen molar-refractivity contribution in [1.29, 1.82) is 0 Å². The first-order valence-electron chi connectivity index (χ1n) is 10.00. The second-order valence-electron chi connectivity index (χ2n) is 8.25. The van der Waals surface area contributed by atoms with Crippen molar-refractivity contribution < 1.29 is 13.5 Å². The number of aryl methyl sites for hydroxylation is 1. The zero-order chi connectivity index (χ0) is 20.4. The van der Waals surface area contributed by atoms with Gasteiger partial charge in [0.15, 0.2) is 0 Å². The van der Waals surface area contributed by atoms with Crippen molar-refractivity contribution in [2.75, 3.05) is 20.2 Å². The quantitative estimate of drug-likeness (QED) is 0.170. The van der Waals surface area contributed by atoms with Crippen LogP contribution in [0.25, 0.3) is 0 Å². The molecule has 0 fully saturated rings. The largest absolute Gasteiger partial charge is 0.493 e. The summed E-state index contributed by atoms with van der Waals surface area (Å²) in [6, 6.07) is 4.42. The van der Waals surface area contributed by atoms with E-state index in [-0.39, 0.29) is 5.56 Å². The van der Waals surface area contributed by atoms with E-state index < -0.39 is 14.5 Å². The van der Waals surface area contributed by atoms with Crippen LogP contribution < -0.4 is 4.74 Å². The van der Waals surface area contributed by atoms with E-state index in [1.165, 1.54) is 6.07 Å².